The van der Waals surface area contributed by atoms with Crippen LogP contribution in [0.25, 0.3) is 5.57 Å². The van der Waals surface area contributed by atoms with Crippen LogP contribution in [0.15, 0.2) is 48.4 Å². The first-order valence-electron chi connectivity index (χ1n) is 10.8. The van der Waals surface area contributed by atoms with Crippen molar-refractivity contribution in [3.63, 3.8) is 0 Å². The Morgan fingerprint density at radius 2 is 1.63 bits per heavy atom. The molecule has 0 radical (unpaired) electrons. The normalized spacial score (nSPS) is 17.4. The minimum atomic E-state index is 0.0264. The van der Waals surface area contributed by atoms with Crippen LogP contribution in [0.3, 0.4) is 0 Å². The number of fused-ring (bicyclic) bond motifs is 1. The zero-order valence-corrected chi connectivity index (χ0v) is 19.2. The molecule has 1 aliphatic rings. The molecular weight excluding hydrogens is 370 g/mol. The van der Waals surface area contributed by atoms with E-state index in [1.807, 2.05) is 25.3 Å². The zero-order valence-electron chi connectivity index (χ0n) is 19.2. The van der Waals surface area contributed by atoms with Crippen molar-refractivity contribution < 1.29 is 10.2 Å². The third kappa shape index (κ3) is 4.52. The monoisotopic (exact) mass is 405 g/mol. The molecule has 1 heterocycles. The van der Waals surface area contributed by atoms with Crippen molar-refractivity contribution in [2.75, 3.05) is 6.61 Å². The summed E-state index contributed by atoms with van der Waals surface area (Å²) in [6.07, 6.45) is 8.34. The molecule has 2 N–H and O–H groups in total. The summed E-state index contributed by atoms with van der Waals surface area (Å²) in [5, 5.41) is 19.1. The van der Waals surface area contributed by atoms with Gasteiger partial charge in [-0.05, 0) is 59.7 Å². The second-order valence-corrected chi connectivity index (χ2v) is 9.71. The van der Waals surface area contributed by atoms with Crippen molar-refractivity contribution in [2.24, 2.45) is 0 Å². The molecular formula is C27H35NO2. The van der Waals surface area contributed by atoms with Gasteiger partial charge in [0.05, 0.1) is 5.76 Å². The van der Waals surface area contributed by atoms with E-state index in [4.69, 9.17) is 5.11 Å². The SMILES string of the molecule is C/C(=C(/O)CCCO)c1ccc(Cc2cc3c(cc2C)C(C)(C)C=CC3(C)C)nc1. The van der Waals surface area contributed by atoms with Crippen molar-refractivity contribution in [1.82, 2.24) is 4.98 Å². The molecule has 0 unspecified atom stereocenters. The number of rotatable bonds is 6. The number of benzene rings is 1. The molecule has 0 bridgehead atoms. The molecule has 0 saturated carbocycles. The molecule has 0 aliphatic heterocycles. The lowest BCUT2D eigenvalue weighted by atomic mass is 9.67. The summed E-state index contributed by atoms with van der Waals surface area (Å²) in [4.78, 5) is 4.67. The lowest BCUT2D eigenvalue weighted by molar-refractivity contribution is 0.276. The Hall–Kier alpha value is -2.39. The Morgan fingerprint density at radius 1 is 1.00 bits per heavy atom. The Labute approximate surface area is 181 Å². The summed E-state index contributed by atoms with van der Waals surface area (Å²) in [5.74, 6) is 0.321. The summed E-state index contributed by atoms with van der Waals surface area (Å²) in [7, 11) is 0. The molecule has 0 atom stereocenters. The van der Waals surface area contributed by atoms with Crippen LogP contribution in [0, 0.1) is 6.92 Å². The largest absolute Gasteiger partial charge is 0.512 e. The standard InChI is InChI=1S/C27H35NO2/c1-18-14-23-24(27(5,6)12-11-26(23,3)4)16-21(18)15-22-10-9-20(17-28-22)19(2)25(30)8-7-13-29/h9-12,14,16-17,29-30H,7-8,13,15H2,1-6H3/b25-19-. The van der Waals surface area contributed by atoms with Crippen molar-refractivity contribution in [3.8, 4) is 0 Å². The number of aliphatic hydroxyl groups excluding tert-OH is 2. The van der Waals surface area contributed by atoms with Crippen LogP contribution in [-0.2, 0) is 17.3 Å². The third-order valence-corrected chi connectivity index (χ3v) is 6.41. The fraction of sp³-hybridized carbons (Fsp3) is 0.444. The van der Waals surface area contributed by atoms with E-state index >= 15 is 0 Å². The van der Waals surface area contributed by atoms with Crippen LogP contribution in [0.5, 0.6) is 0 Å². The fourth-order valence-electron chi connectivity index (χ4n) is 4.15. The van der Waals surface area contributed by atoms with Gasteiger partial charge in [-0.1, -0.05) is 58.0 Å². The smallest absolute Gasteiger partial charge is 0.0959 e. The third-order valence-electron chi connectivity index (χ3n) is 6.41. The average molecular weight is 406 g/mol. The van der Waals surface area contributed by atoms with Crippen LogP contribution in [0.1, 0.15) is 81.0 Å². The highest BCUT2D eigenvalue weighted by atomic mass is 16.3. The number of pyridine rings is 1. The second kappa shape index (κ2) is 8.39. The molecule has 0 saturated heterocycles. The van der Waals surface area contributed by atoms with Crippen molar-refractivity contribution in [1.29, 1.82) is 0 Å². The fourth-order valence-corrected chi connectivity index (χ4v) is 4.15. The van der Waals surface area contributed by atoms with Crippen LogP contribution < -0.4 is 0 Å². The highest BCUT2D eigenvalue weighted by Crippen LogP contribution is 2.42. The molecule has 3 heteroatoms. The number of aliphatic hydroxyl groups is 2. The van der Waals surface area contributed by atoms with Gasteiger partial charge >= 0.3 is 0 Å². The van der Waals surface area contributed by atoms with Gasteiger partial charge in [-0.3, -0.25) is 4.98 Å². The van der Waals surface area contributed by atoms with Gasteiger partial charge in [-0.2, -0.15) is 0 Å². The second-order valence-electron chi connectivity index (χ2n) is 9.71. The maximum Gasteiger partial charge on any atom is 0.0959 e. The van der Waals surface area contributed by atoms with Gasteiger partial charge in [0.2, 0.25) is 0 Å². The van der Waals surface area contributed by atoms with Gasteiger partial charge in [0.25, 0.3) is 0 Å². The van der Waals surface area contributed by atoms with E-state index in [0.29, 0.717) is 18.6 Å². The van der Waals surface area contributed by atoms with Gasteiger partial charge in [0, 0.05) is 42.2 Å². The molecule has 1 aromatic carbocycles. The van der Waals surface area contributed by atoms with Crippen molar-refractivity contribution in [3.05, 3.63) is 81.9 Å². The number of hydrogen-bond donors (Lipinski definition) is 2. The van der Waals surface area contributed by atoms with Crippen LogP contribution in [0.2, 0.25) is 0 Å². The maximum atomic E-state index is 10.2. The highest BCUT2D eigenvalue weighted by molar-refractivity contribution is 5.64. The topological polar surface area (TPSA) is 53.4 Å². The van der Waals surface area contributed by atoms with Gasteiger partial charge in [0.15, 0.2) is 0 Å². The van der Waals surface area contributed by atoms with E-state index in [1.165, 1.54) is 22.3 Å². The molecule has 0 fully saturated rings. The quantitative estimate of drug-likeness (QED) is 0.446. The first-order valence-corrected chi connectivity index (χ1v) is 10.8. The molecule has 1 aliphatic carbocycles. The first kappa shape index (κ1) is 22.3. The number of aryl methyl sites for hydroxylation is 1. The van der Waals surface area contributed by atoms with Crippen LogP contribution in [-0.4, -0.2) is 21.8 Å². The Bertz CT molecular complexity index is 979. The van der Waals surface area contributed by atoms with Crippen molar-refractivity contribution >= 4 is 5.57 Å². The maximum absolute atomic E-state index is 10.2. The van der Waals surface area contributed by atoms with E-state index in [0.717, 1.165) is 23.3 Å². The van der Waals surface area contributed by atoms with Crippen LogP contribution in [0.4, 0.5) is 0 Å². The minimum Gasteiger partial charge on any atom is -0.512 e. The highest BCUT2D eigenvalue weighted by Gasteiger charge is 2.33. The number of hydrogen-bond acceptors (Lipinski definition) is 3. The molecule has 0 amide bonds. The van der Waals surface area contributed by atoms with E-state index in [9.17, 15) is 5.11 Å². The predicted octanol–water partition coefficient (Wildman–Crippen LogP) is 6.17. The van der Waals surface area contributed by atoms with Gasteiger partial charge < -0.3 is 10.2 Å². The molecule has 1 aromatic heterocycles. The lowest BCUT2D eigenvalue weighted by Crippen LogP contribution is -2.29. The van der Waals surface area contributed by atoms with E-state index in [-0.39, 0.29) is 17.4 Å². The van der Waals surface area contributed by atoms with Gasteiger partial charge in [-0.15, -0.1) is 0 Å². The van der Waals surface area contributed by atoms with E-state index in [1.54, 1.807) is 0 Å². The predicted molar refractivity (Wildman–Crippen MR) is 125 cm³/mol. The lowest BCUT2D eigenvalue weighted by Gasteiger charge is -2.37. The number of nitrogens with zero attached hydrogens (tertiary/aromatic N) is 1. The zero-order chi connectivity index (χ0) is 22.1. The minimum absolute atomic E-state index is 0.0264. The van der Waals surface area contributed by atoms with Crippen molar-refractivity contribution in [2.45, 2.75) is 71.6 Å². The van der Waals surface area contributed by atoms with E-state index in [2.05, 4.69) is 63.9 Å². The molecule has 2 aromatic rings. The number of allylic oxidation sites excluding steroid dienone is 4. The van der Waals surface area contributed by atoms with Gasteiger partial charge in [0.1, 0.15) is 0 Å². The summed E-state index contributed by atoms with van der Waals surface area (Å²) in [6, 6.07) is 8.80. The average Bonchev–Trinajstić information content (AvgIpc) is 2.71. The molecule has 3 nitrogen and oxygen atoms in total. The molecule has 30 heavy (non-hydrogen) atoms. The number of aromatic nitrogens is 1. The summed E-state index contributed by atoms with van der Waals surface area (Å²) < 4.78 is 0. The summed E-state index contributed by atoms with van der Waals surface area (Å²) in [6.45, 7) is 13.3. The summed E-state index contributed by atoms with van der Waals surface area (Å²) >= 11 is 0. The molecule has 3 rings (SSSR count). The Kier molecular flexibility index (Phi) is 6.24. The van der Waals surface area contributed by atoms with Gasteiger partial charge in [-0.25, -0.2) is 0 Å². The van der Waals surface area contributed by atoms with E-state index < -0.39 is 0 Å². The summed E-state index contributed by atoms with van der Waals surface area (Å²) in [5.41, 5.74) is 8.27. The first-order chi connectivity index (χ1) is 14.0. The van der Waals surface area contributed by atoms with Crippen LogP contribution >= 0.6 is 0 Å². The molecule has 0 spiro atoms. The Morgan fingerprint density at radius 3 is 2.20 bits per heavy atom. The molecule has 160 valence electrons. The Balaban J connectivity index is 1.88.